The van der Waals surface area contributed by atoms with Crippen LogP contribution in [0.15, 0.2) is 32.6 Å². The first kappa shape index (κ1) is 19.5. The van der Waals surface area contributed by atoms with Crippen molar-refractivity contribution in [3.05, 3.63) is 33.3 Å². The van der Waals surface area contributed by atoms with E-state index in [9.17, 15) is 14.7 Å². The number of hydrogen-bond acceptors (Lipinski definition) is 6. The molecule has 1 aliphatic rings. The predicted octanol–water partition coefficient (Wildman–Crippen LogP) is 2.34. The van der Waals surface area contributed by atoms with Crippen LogP contribution in [0.1, 0.15) is 26.2 Å². The number of ketones is 1. The monoisotopic (exact) mass is 439 g/mol. The van der Waals surface area contributed by atoms with Crippen molar-refractivity contribution in [3.63, 3.8) is 0 Å². The van der Waals surface area contributed by atoms with Gasteiger partial charge < -0.3 is 10.4 Å². The fourth-order valence-electron chi connectivity index (χ4n) is 3.18. The molecule has 1 fully saturated rings. The number of thioether (sulfide) groups is 1. The summed E-state index contributed by atoms with van der Waals surface area (Å²) in [7, 11) is 0. The molecule has 0 bridgehead atoms. The van der Waals surface area contributed by atoms with Crippen LogP contribution in [0.4, 0.5) is 0 Å². The summed E-state index contributed by atoms with van der Waals surface area (Å²) in [6, 6.07) is 3.43. The molecule has 0 aliphatic carbocycles. The Balaban J connectivity index is 1.81. The number of fused-ring (bicyclic) bond motifs is 1. The Kier molecular flexibility index (Phi) is 6.50. The zero-order valence-corrected chi connectivity index (χ0v) is 17.0. The predicted molar refractivity (Wildman–Crippen MR) is 107 cm³/mol. The summed E-state index contributed by atoms with van der Waals surface area (Å²) in [4.78, 5) is 30.5. The smallest absolute Gasteiger partial charge is 0.261 e. The Labute approximate surface area is 164 Å². The largest absolute Gasteiger partial charge is 0.391 e. The van der Waals surface area contributed by atoms with E-state index < -0.39 is 6.10 Å². The molecule has 26 heavy (non-hydrogen) atoms. The highest BCUT2D eigenvalue weighted by molar-refractivity contribution is 9.10. The minimum absolute atomic E-state index is 0.0288. The van der Waals surface area contributed by atoms with Gasteiger partial charge in [0.05, 0.1) is 29.9 Å². The first-order valence-corrected chi connectivity index (χ1v) is 10.5. The van der Waals surface area contributed by atoms with Gasteiger partial charge in [0, 0.05) is 21.8 Å². The molecule has 2 aromatic rings. The minimum atomic E-state index is -0.509. The first-order valence-electron chi connectivity index (χ1n) is 8.74. The number of carbonyl (C=O) groups excluding carboxylic acids is 1. The van der Waals surface area contributed by atoms with Gasteiger partial charge >= 0.3 is 0 Å². The van der Waals surface area contributed by atoms with Crippen LogP contribution in [0, 0.1) is 0 Å². The van der Waals surface area contributed by atoms with E-state index in [2.05, 4.69) is 33.2 Å². The first-order chi connectivity index (χ1) is 12.5. The maximum Gasteiger partial charge on any atom is 0.261 e. The van der Waals surface area contributed by atoms with Gasteiger partial charge in [-0.3, -0.25) is 14.2 Å². The minimum Gasteiger partial charge on any atom is -0.391 e. The van der Waals surface area contributed by atoms with Gasteiger partial charge in [-0.15, -0.1) is 11.8 Å². The van der Waals surface area contributed by atoms with E-state index in [4.69, 9.17) is 0 Å². The van der Waals surface area contributed by atoms with E-state index in [0.717, 1.165) is 28.1 Å². The van der Waals surface area contributed by atoms with Crippen LogP contribution in [0.2, 0.25) is 0 Å². The lowest BCUT2D eigenvalue weighted by Crippen LogP contribution is -2.46. The zero-order chi connectivity index (χ0) is 18.7. The number of piperidine rings is 1. The number of hydrogen-bond donors (Lipinski definition) is 2. The molecule has 2 atom stereocenters. The van der Waals surface area contributed by atoms with Crippen molar-refractivity contribution >= 4 is 44.4 Å². The molecule has 140 valence electrons. The number of Topliss-reactive ketones (excluding diaryl/α,β-unsaturated/α-hetero) is 1. The van der Waals surface area contributed by atoms with Crippen molar-refractivity contribution in [1.82, 2.24) is 14.9 Å². The molecule has 0 saturated carbocycles. The molecular weight excluding hydrogens is 418 g/mol. The quantitative estimate of drug-likeness (QED) is 0.671. The van der Waals surface area contributed by atoms with E-state index in [1.54, 1.807) is 11.8 Å². The highest BCUT2D eigenvalue weighted by Gasteiger charge is 2.25. The highest BCUT2D eigenvalue weighted by Crippen LogP contribution is 2.30. The average molecular weight is 440 g/mol. The Hall–Kier alpha value is -1.22. The highest BCUT2D eigenvalue weighted by atomic mass is 79.9. The third kappa shape index (κ3) is 4.36. The molecule has 8 heteroatoms. The topological polar surface area (TPSA) is 84.2 Å². The van der Waals surface area contributed by atoms with E-state index in [1.165, 1.54) is 10.9 Å². The third-order valence-corrected chi connectivity index (χ3v) is 6.38. The van der Waals surface area contributed by atoms with Crippen LogP contribution in [0.25, 0.3) is 10.9 Å². The summed E-state index contributed by atoms with van der Waals surface area (Å²) in [5.41, 5.74) is 0.390. The number of halogens is 1. The molecule has 1 aromatic heterocycles. The summed E-state index contributed by atoms with van der Waals surface area (Å²) < 4.78 is 2.27. The van der Waals surface area contributed by atoms with Gasteiger partial charge in [-0.1, -0.05) is 6.92 Å². The van der Waals surface area contributed by atoms with Crippen molar-refractivity contribution in [2.75, 3.05) is 12.3 Å². The van der Waals surface area contributed by atoms with Crippen LogP contribution >= 0.6 is 27.7 Å². The number of aliphatic hydroxyl groups excluding tert-OH is 1. The van der Waals surface area contributed by atoms with Crippen LogP contribution in [-0.4, -0.2) is 44.9 Å². The van der Waals surface area contributed by atoms with Gasteiger partial charge in [0.25, 0.3) is 5.56 Å². The second-order valence-corrected chi connectivity index (χ2v) is 8.58. The van der Waals surface area contributed by atoms with Crippen LogP contribution < -0.4 is 10.9 Å². The van der Waals surface area contributed by atoms with Gasteiger partial charge in [0.1, 0.15) is 0 Å². The number of nitrogens with one attached hydrogen (secondary N) is 1. The summed E-state index contributed by atoms with van der Waals surface area (Å²) in [5, 5.41) is 13.7. The fourth-order valence-corrected chi connectivity index (χ4v) is 4.57. The number of aliphatic hydroxyl groups is 1. The molecular formula is C18H22BrN3O3S. The van der Waals surface area contributed by atoms with Gasteiger partial charge in [0.2, 0.25) is 0 Å². The number of carbonyl (C=O) groups is 1. The molecule has 0 amide bonds. The summed E-state index contributed by atoms with van der Waals surface area (Å²) in [6.07, 6.45) is 2.74. The number of aromatic nitrogens is 2. The molecule has 3 rings (SSSR count). The normalized spacial score (nSPS) is 20.4. The maximum absolute atomic E-state index is 12.8. The van der Waals surface area contributed by atoms with E-state index in [0.29, 0.717) is 17.3 Å². The van der Waals surface area contributed by atoms with Crippen LogP contribution in [0.3, 0.4) is 0 Å². The molecule has 2 heterocycles. The SMILES string of the molecule is CCSc1cc2c(=O)n(CC(=O)C[C@@H]3NCCC[C@H]3O)cnc2cc1Br. The second-order valence-electron chi connectivity index (χ2n) is 6.42. The van der Waals surface area contributed by atoms with E-state index in [1.807, 2.05) is 12.1 Å². The third-order valence-electron chi connectivity index (χ3n) is 4.52. The summed E-state index contributed by atoms with van der Waals surface area (Å²) in [5.74, 6) is 0.806. The molecule has 1 aromatic carbocycles. The van der Waals surface area contributed by atoms with Crippen molar-refractivity contribution in [1.29, 1.82) is 0 Å². The van der Waals surface area contributed by atoms with Crippen molar-refractivity contribution in [2.45, 2.75) is 49.8 Å². The maximum atomic E-state index is 12.8. The van der Waals surface area contributed by atoms with Crippen LogP contribution in [0.5, 0.6) is 0 Å². The number of benzene rings is 1. The molecule has 0 spiro atoms. The van der Waals surface area contributed by atoms with Crippen molar-refractivity contribution in [2.24, 2.45) is 0 Å². The molecule has 0 radical (unpaired) electrons. The molecule has 0 unspecified atom stereocenters. The van der Waals surface area contributed by atoms with Gasteiger partial charge in [-0.05, 0) is 53.2 Å². The Morgan fingerprint density at radius 2 is 2.31 bits per heavy atom. The van der Waals surface area contributed by atoms with E-state index >= 15 is 0 Å². The van der Waals surface area contributed by atoms with Gasteiger partial charge in [0.15, 0.2) is 5.78 Å². The fraction of sp³-hybridized carbons (Fsp3) is 0.500. The van der Waals surface area contributed by atoms with Crippen molar-refractivity contribution in [3.8, 4) is 0 Å². The molecule has 1 saturated heterocycles. The summed E-state index contributed by atoms with van der Waals surface area (Å²) in [6.45, 7) is 2.83. The average Bonchev–Trinajstić information content (AvgIpc) is 2.61. The number of rotatable bonds is 6. The molecule has 2 N–H and O–H groups in total. The van der Waals surface area contributed by atoms with Gasteiger partial charge in [-0.25, -0.2) is 4.98 Å². The molecule has 1 aliphatic heterocycles. The zero-order valence-electron chi connectivity index (χ0n) is 14.6. The lowest BCUT2D eigenvalue weighted by Gasteiger charge is -2.28. The Morgan fingerprint density at radius 3 is 3.04 bits per heavy atom. The van der Waals surface area contributed by atoms with Crippen molar-refractivity contribution < 1.29 is 9.90 Å². The van der Waals surface area contributed by atoms with Crippen LogP contribution in [-0.2, 0) is 11.3 Å². The van der Waals surface area contributed by atoms with E-state index in [-0.39, 0.29) is 30.3 Å². The standard InChI is InChI=1S/C18H22BrN3O3S/c1-2-26-17-7-12-14(8-13(17)19)21-10-22(18(12)25)9-11(23)6-15-16(24)4-3-5-20-15/h7-8,10,15-16,20,24H,2-6,9H2,1H3/t15-,16+/m0/s1. The second kappa shape index (κ2) is 8.65. The molecule has 6 nitrogen and oxygen atoms in total. The number of nitrogens with zero attached hydrogens (tertiary/aromatic N) is 2. The Bertz CT molecular complexity index is 871. The summed E-state index contributed by atoms with van der Waals surface area (Å²) >= 11 is 5.15. The lowest BCUT2D eigenvalue weighted by atomic mass is 9.97. The Morgan fingerprint density at radius 1 is 1.50 bits per heavy atom. The lowest BCUT2D eigenvalue weighted by molar-refractivity contribution is -0.121. The van der Waals surface area contributed by atoms with Gasteiger partial charge in [-0.2, -0.15) is 0 Å².